The Morgan fingerprint density at radius 1 is 0.676 bits per heavy atom. The highest BCUT2D eigenvalue weighted by molar-refractivity contribution is 7.92. The SMILES string of the molecule is CS(=O)(=O)N(Cc1c(Cl)cccc1Cl)c1ccc(C(=O)N(Cc2ccccc2)Cc2ccccc2)cc1. The molecule has 0 aromatic heterocycles. The van der Waals surface area contributed by atoms with Gasteiger partial charge in [0.15, 0.2) is 0 Å². The number of carbonyl (C=O) groups is 1. The minimum atomic E-state index is -3.66. The molecule has 4 rings (SSSR count). The monoisotopic (exact) mass is 552 g/mol. The van der Waals surface area contributed by atoms with E-state index < -0.39 is 10.0 Å². The summed E-state index contributed by atoms with van der Waals surface area (Å²) in [5, 5.41) is 0.760. The molecular weight excluding hydrogens is 527 g/mol. The van der Waals surface area contributed by atoms with E-state index in [1.54, 1.807) is 47.4 Å². The molecule has 0 fully saturated rings. The van der Waals surface area contributed by atoms with Crippen molar-refractivity contribution in [3.8, 4) is 0 Å². The van der Waals surface area contributed by atoms with Gasteiger partial charge in [0.1, 0.15) is 0 Å². The number of hydrogen-bond donors (Lipinski definition) is 0. The summed E-state index contributed by atoms with van der Waals surface area (Å²) in [5.41, 5.74) is 3.41. The first-order valence-electron chi connectivity index (χ1n) is 11.6. The predicted octanol–water partition coefficient (Wildman–Crippen LogP) is 6.80. The largest absolute Gasteiger partial charge is 0.330 e. The van der Waals surface area contributed by atoms with E-state index in [-0.39, 0.29) is 12.5 Å². The van der Waals surface area contributed by atoms with Crippen molar-refractivity contribution in [3.05, 3.63) is 135 Å². The van der Waals surface area contributed by atoms with Gasteiger partial charge in [-0.3, -0.25) is 9.10 Å². The Balaban J connectivity index is 1.61. The topological polar surface area (TPSA) is 57.7 Å². The summed E-state index contributed by atoms with van der Waals surface area (Å²) in [6.45, 7) is 0.854. The molecule has 0 aliphatic carbocycles. The number of halogens is 2. The van der Waals surface area contributed by atoms with Crippen molar-refractivity contribution in [2.24, 2.45) is 0 Å². The van der Waals surface area contributed by atoms with Crippen LogP contribution < -0.4 is 4.31 Å². The van der Waals surface area contributed by atoms with Crippen LogP contribution in [0.3, 0.4) is 0 Å². The van der Waals surface area contributed by atoms with Gasteiger partial charge in [0.25, 0.3) is 5.91 Å². The van der Waals surface area contributed by atoms with E-state index in [0.717, 1.165) is 17.4 Å². The molecule has 5 nitrogen and oxygen atoms in total. The number of benzene rings is 4. The quantitative estimate of drug-likeness (QED) is 0.229. The average molecular weight is 554 g/mol. The van der Waals surface area contributed by atoms with Gasteiger partial charge in [-0.2, -0.15) is 0 Å². The van der Waals surface area contributed by atoms with Crippen molar-refractivity contribution in [1.82, 2.24) is 4.90 Å². The number of hydrogen-bond acceptors (Lipinski definition) is 3. The molecular formula is C29H26Cl2N2O3S. The van der Waals surface area contributed by atoms with Crippen LogP contribution in [0.15, 0.2) is 103 Å². The second-order valence-electron chi connectivity index (χ2n) is 8.65. The van der Waals surface area contributed by atoms with Gasteiger partial charge in [0.2, 0.25) is 10.0 Å². The maximum Gasteiger partial charge on any atom is 0.254 e. The Labute approximate surface area is 227 Å². The van der Waals surface area contributed by atoms with Gasteiger partial charge in [-0.15, -0.1) is 0 Å². The summed E-state index contributed by atoms with van der Waals surface area (Å²) in [6, 6.07) is 31.2. The number of sulfonamides is 1. The molecule has 4 aromatic carbocycles. The van der Waals surface area contributed by atoms with Gasteiger partial charge >= 0.3 is 0 Å². The molecule has 0 N–H and O–H groups in total. The van der Waals surface area contributed by atoms with Crippen molar-refractivity contribution < 1.29 is 13.2 Å². The van der Waals surface area contributed by atoms with Crippen molar-refractivity contribution in [3.63, 3.8) is 0 Å². The van der Waals surface area contributed by atoms with Gasteiger partial charge in [0.05, 0.1) is 18.5 Å². The smallest absolute Gasteiger partial charge is 0.254 e. The van der Waals surface area contributed by atoms with Gasteiger partial charge in [-0.25, -0.2) is 8.42 Å². The van der Waals surface area contributed by atoms with E-state index in [4.69, 9.17) is 23.2 Å². The van der Waals surface area contributed by atoms with Crippen LogP contribution >= 0.6 is 23.2 Å². The zero-order valence-corrected chi connectivity index (χ0v) is 22.5. The van der Waals surface area contributed by atoms with Gasteiger partial charge in [-0.1, -0.05) is 89.9 Å². The fraction of sp³-hybridized carbons (Fsp3) is 0.138. The molecule has 190 valence electrons. The normalized spacial score (nSPS) is 11.2. The van der Waals surface area contributed by atoms with Gasteiger partial charge < -0.3 is 4.90 Å². The lowest BCUT2D eigenvalue weighted by Gasteiger charge is -2.25. The third-order valence-corrected chi connectivity index (χ3v) is 7.73. The molecule has 0 aliphatic rings. The highest BCUT2D eigenvalue weighted by Crippen LogP contribution is 2.29. The standard InChI is InChI=1S/C29H26Cl2N2O3S/c1-37(35,36)33(21-26-27(30)13-8-14-28(26)31)25-17-15-24(16-18-25)29(34)32(19-22-9-4-2-5-10-22)20-23-11-6-3-7-12-23/h2-18H,19-21H2,1H3. The number of rotatable bonds is 9. The molecule has 8 heteroatoms. The van der Waals surface area contributed by atoms with Crippen LogP contribution in [0.4, 0.5) is 5.69 Å². The highest BCUT2D eigenvalue weighted by atomic mass is 35.5. The second-order valence-corrected chi connectivity index (χ2v) is 11.4. The third-order valence-electron chi connectivity index (χ3n) is 5.89. The molecule has 4 aromatic rings. The van der Waals surface area contributed by atoms with Crippen LogP contribution in [0.1, 0.15) is 27.0 Å². The number of nitrogens with zero attached hydrogens (tertiary/aromatic N) is 2. The van der Waals surface area contributed by atoms with Crippen LogP contribution in [-0.2, 0) is 29.7 Å². The third kappa shape index (κ3) is 6.92. The maximum absolute atomic E-state index is 13.6. The molecule has 0 radical (unpaired) electrons. The lowest BCUT2D eigenvalue weighted by atomic mass is 10.1. The molecule has 0 bridgehead atoms. The fourth-order valence-electron chi connectivity index (χ4n) is 3.99. The van der Waals surface area contributed by atoms with Crippen LogP contribution in [0.5, 0.6) is 0 Å². The Kier molecular flexibility index (Phi) is 8.54. The van der Waals surface area contributed by atoms with E-state index in [2.05, 4.69) is 0 Å². The Morgan fingerprint density at radius 2 is 1.16 bits per heavy atom. The van der Waals surface area contributed by atoms with E-state index in [1.165, 1.54) is 4.31 Å². The molecule has 0 heterocycles. The van der Waals surface area contributed by atoms with E-state index in [0.29, 0.717) is 39.9 Å². The maximum atomic E-state index is 13.6. The number of amides is 1. The van der Waals surface area contributed by atoms with Gasteiger partial charge in [0, 0.05) is 34.3 Å². The molecule has 0 aliphatic heterocycles. The van der Waals surface area contributed by atoms with Crippen LogP contribution in [-0.4, -0.2) is 25.5 Å². The summed E-state index contributed by atoms with van der Waals surface area (Å²) >= 11 is 12.6. The summed E-state index contributed by atoms with van der Waals surface area (Å²) in [7, 11) is -3.66. The van der Waals surface area contributed by atoms with Crippen molar-refractivity contribution in [2.45, 2.75) is 19.6 Å². The first-order chi connectivity index (χ1) is 17.7. The number of anilines is 1. The van der Waals surface area contributed by atoms with Crippen molar-refractivity contribution >= 4 is 44.8 Å². The second kappa shape index (κ2) is 11.8. The lowest BCUT2D eigenvalue weighted by Crippen LogP contribution is -2.31. The summed E-state index contributed by atoms with van der Waals surface area (Å²) in [5.74, 6) is -0.153. The Hall–Kier alpha value is -3.32. The van der Waals surface area contributed by atoms with Crippen LogP contribution in [0, 0.1) is 0 Å². The van der Waals surface area contributed by atoms with Crippen molar-refractivity contribution in [2.75, 3.05) is 10.6 Å². The zero-order chi connectivity index (χ0) is 26.4. The summed E-state index contributed by atoms with van der Waals surface area (Å²) < 4.78 is 26.5. The lowest BCUT2D eigenvalue weighted by molar-refractivity contribution is 0.0730. The zero-order valence-electron chi connectivity index (χ0n) is 20.2. The van der Waals surface area contributed by atoms with E-state index >= 15 is 0 Å². The first kappa shape index (κ1) is 26.7. The Bertz CT molecular complexity index is 1400. The van der Waals surface area contributed by atoms with Crippen LogP contribution in [0.25, 0.3) is 0 Å². The highest BCUT2D eigenvalue weighted by Gasteiger charge is 2.22. The molecule has 1 amide bonds. The van der Waals surface area contributed by atoms with Gasteiger partial charge in [-0.05, 0) is 47.5 Å². The number of carbonyl (C=O) groups excluding carboxylic acids is 1. The van der Waals surface area contributed by atoms with Crippen molar-refractivity contribution in [1.29, 1.82) is 0 Å². The minimum absolute atomic E-state index is 0.0290. The molecule has 0 spiro atoms. The molecule has 0 saturated heterocycles. The van der Waals surface area contributed by atoms with Crippen LogP contribution in [0.2, 0.25) is 10.0 Å². The van der Waals surface area contributed by atoms with E-state index in [9.17, 15) is 13.2 Å². The molecule has 0 saturated carbocycles. The first-order valence-corrected chi connectivity index (χ1v) is 14.2. The molecule has 37 heavy (non-hydrogen) atoms. The Morgan fingerprint density at radius 3 is 1.62 bits per heavy atom. The average Bonchev–Trinajstić information content (AvgIpc) is 2.88. The predicted molar refractivity (Wildman–Crippen MR) is 150 cm³/mol. The summed E-state index contributed by atoms with van der Waals surface area (Å²) in [6.07, 6.45) is 1.12. The molecule has 0 unspecified atom stereocenters. The van der Waals surface area contributed by atoms with E-state index in [1.807, 2.05) is 60.7 Å². The minimum Gasteiger partial charge on any atom is -0.330 e. The molecule has 0 atom stereocenters. The summed E-state index contributed by atoms with van der Waals surface area (Å²) in [4.78, 5) is 15.3. The fourth-order valence-corrected chi connectivity index (χ4v) is 5.37.